The lowest BCUT2D eigenvalue weighted by atomic mass is 10.1. The van der Waals surface area contributed by atoms with Crippen LogP contribution in [0.25, 0.3) is 0 Å². The van der Waals surface area contributed by atoms with Crippen LogP contribution in [0.5, 0.6) is 0 Å². The van der Waals surface area contributed by atoms with Crippen molar-refractivity contribution in [2.24, 2.45) is 5.73 Å². The molecular weight excluding hydrogens is 252 g/mol. The van der Waals surface area contributed by atoms with Gasteiger partial charge in [0.05, 0.1) is 27.8 Å². The summed E-state index contributed by atoms with van der Waals surface area (Å²) in [6.07, 6.45) is 0. The van der Waals surface area contributed by atoms with Gasteiger partial charge in [-0.25, -0.2) is 0 Å². The van der Waals surface area contributed by atoms with Crippen molar-refractivity contribution >= 4 is 16.1 Å². The second-order valence-electron chi connectivity index (χ2n) is 7.00. The highest BCUT2D eigenvalue weighted by atomic mass is 28.4. The summed E-state index contributed by atoms with van der Waals surface area (Å²) in [6, 6.07) is 10.1. The standard InChI is InChI=1S/C14H24N2Si2/c1-17(2,3)14(16,18(4,5)6)13-9-7-8-12(10-13)11-15/h7-10H,16H2,1-6H3. The highest BCUT2D eigenvalue weighted by Crippen LogP contribution is 2.38. The van der Waals surface area contributed by atoms with E-state index in [1.54, 1.807) is 0 Å². The number of hydrogen-bond donors (Lipinski definition) is 1. The average Bonchev–Trinajstić information content (AvgIpc) is 2.25. The van der Waals surface area contributed by atoms with Crippen LogP contribution in [0.2, 0.25) is 39.3 Å². The van der Waals surface area contributed by atoms with E-state index in [1.165, 1.54) is 0 Å². The van der Waals surface area contributed by atoms with Gasteiger partial charge in [-0.05, 0) is 17.7 Å². The second-order valence-corrected chi connectivity index (χ2v) is 18.1. The van der Waals surface area contributed by atoms with Crippen LogP contribution in [0, 0.1) is 11.3 Å². The fraction of sp³-hybridized carbons (Fsp3) is 0.500. The maximum absolute atomic E-state index is 9.07. The van der Waals surface area contributed by atoms with Gasteiger partial charge < -0.3 is 5.73 Å². The minimum absolute atomic E-state index is 0.215. The van der Waals surface area contributed by atoms with Crippen molar-refractivity contribution in [1.29, 1.82) is 5.26 Å². The van der Waals surface area contributed by atoms with Crippen LogP contribution in [-0.4, -0.2) is 16.1 Å². The molecule has 0 bridgehead atoms. The fourth-order valence-electron chi connectivity index (χ4n) is 2.83. The Morgan fingerprint density at radius 1 is 1.06 bits per heavy atom. The zero-order valence-electron chi connectivity index (χ0n) is 12.3. The van der Waals surface area contributed by atoms with Gasteiger partial charge >= 0.3 is 0 Å². The highest BCUT2D eigenvalue weighted by Gasteiger charge is 2.50. The monoisotopic (exact) mass is 276 g/mol. The molecule has 4 heteroatoms. The summed E-state index contributed by atoms with van der Waals surface area (Å²) < 4.78 is 0. The molecule has 1 aromatic carbocycles. The topological polar surface area (TPSA) is 49.8 Å². The van der Waals surface area contributed by atoms with Crippen molar-refractivity contribution in [3.05, 3.63) is 35.4 Å². The van der Waals surface area contributed by atoms with Crippen molar-refractivity contribution in [3.63, 3.8) is 0 Å². The Labute approximate surface area is 113 Å². The van der Waals surface area contributed by atoms with Crippen molar-refractivity contribution in [3.8, 4) is 6.07 Å². The van der Waals surface area contributed by atoms with Gasteiger partial charge in [0.25, 0.3) is 0 Å². The lowest BCUT2D eigenvalue weighted by Gasteiger charge is -2.49. The van der Waals surface area contributed by atoms with Gasteiger partial charge in [0.1, 0.15) is 0 Å². The molecule has 0 spiro atoms. The Morgan fingerprint density at radius 3 is 1.94 bits per heavy atom. The van der Waals surface area contributed by atoms with E-state index < -0.39 is 16.1 Å². The molecule has 0 amide bonds. The predicted molar refractivity (Wildman–Crippen MR) is 83.7 cm³/mol. The van der Waals surface area contributed by atoms with Crippen molar-refractivity contribution in [2.75, 3.05) is 0 Å². The Balaban J connectivity index is 3.51. The first-order valence-electron chi connectivity index (χ1n) is 6.33. The summed E-state index contributed by atoms with van der Waals surface area (Å²) in [5.41, 5.74) is 8.77. The third-order valence-corrected chi connectivity index (χ3v) is 13.6. The van der Waals surface area contributed by atoms with Crippen LogP contribution in [0.15, 0.2) is 24.3 Å². The second kappa shape index (κ2) is 4.65. The molecule has 1 rings (SSSR count). The Morgan fingerprint density at radius 2 is 1.56 bits per heavy atom. The molecule has 0 saturated heterocycles. The van der Waals surface area contributed by atoms with Gasteiger partial charge in [-0.2, -0.15) is 5.26 Å². The van der Waals surface area contributed by atoms with E-state index in [9.17, 15) is 0 Å². The summed E-state index contributed by atoms with van der Waals surface area (Å²) in [4.78, 5) is -0.215. The van der Waals surface area contributed by atoms with Crippen LogP contribution in [0.1, 0.15) is 11.1 Å². The van der Waals surface area contributed by atoms with E-state index in [0.717, 1.165) is 5.56 Å². The molecule has 0 atom stereocenters. The third kappa shape index (κ3) is 2.44. The minimum atomic E-state index is -1.59. The van der Waals surface area contributed by atoms with Gasteiger partial charge in [-0.1, -0.05) is 51.4 Å². The van der Waals surface area contributed by atoms with Gasteiger partial charge in [0, 0.05) is 4.79 Å². The van der Waals surface area contributed by atoms with Gasteiger partial charge in [-0.15, -0.1) is 0 Å². The average molecular weight is 277 g/mol. The van der Waals surface area contributed by atoms with E-state index in [1.807, 2.05) is 18.2 Å². The van der Waals surface area contributed by atoms with Gasteiger partial charge in [-0.3, -0.25) is 0 Å². The molecule has 0 unspecified atom stereocenters. The number of benzene rings is 1. The van der Waals surface area contributed by atoms with Crippen LogP contribution in [0.4, 0.5) is 0 Å². The Kier molecular flexibility index (Phi) is 3.92. The van der Waals surface area contributed by atoms with Crippen LogP contribution in [0.3, 0.4) is 0 Å². The molecule has 18 heavy (non-hydrogen) atoms. The molecule has 0 aliphatic carbocycles. The van der Waals surface area contributed by atoms with Gasteiger partial charge in [0.2, 0.25) is 0 Å². The van der Waals surface area contributed by atoms with Gasteiger partial charge in [0.15, 0.2) is 0 Å². The summed E-state index contributed by atoms with van der Waals surface area (Å²) in [6.45, 7) is 13.9. The molecular formula is C14H24N2Si2. The maximum Gasteiger partial charge on any atom is 0.0991 e. The lowest BCUT2D eigenvalue weighted by Crippen LogP contribution is -2.69. The van der Waals surface area contributed by atoms with E-state index in [0.29, 0.717) is 5.56 Å². The van der Waals surface area contributed by atoms with Crippen molar-refractivity contribution < 1.29 is 0 Å². The van der Waals surface area contributed by atoms with Crippen LogP contribution < -0.4 is 5.73 Å². The number of nitriles is 1. The first-order valence-corrected chi connectivity index (χ1v) is 13.3. The number of nitrogens with zero attached hydrogens (tertiary/aromatic N) is 1. The molecule has 0 aromatic heterocycles. The molecule has 0 aliphatic rings. The fourth-order valence-corrected chi connectivity index (χ4v) is 13.9. The zero-order valence-corrected chi connectivity index (χ0v) is 14.3. The largest absolute Gasteiger partial charge is 0.326 e. The summed E-state index contributed by atoms with van der Waals surface area (Å²) in [5.74, 6) is 0. The van der Waals surface area contributed by atoms with Crippen LogP contribution in [-0.2, 0) is 4.79 Å². The minimum Gasteiger partial charge on any atom is -0.326 e. The van der Waals surface area contributed by atoms with Crippen LogP contribution >= 0.6 is 0 Å². The van der Waals surface area contributed by atoms with E-state index >= 15 is 0 Å². The Bertz CT molecular complexity index is 462. The summed E-state index contributed by atoms with van der Waals surface area (Å²) in [5, 5.41) is 9.07. The molecule has 0 fully saturated rings. The van der Waals surface area contributed by atoms with E-state index in [4.69, 9.17) is 11.0 Å². The first-order chi connectivity index (χ1) is 8.04. The van der Waals surface area contributed by atoms with E-state index in [-0.39, 0.29) is 4.79 Å². The smallest absolute Gasteiger partial charge is 0.0991 e. The normalized spacial score (nSPS) is 13.2. The highest BCUT2D eigenvalue weighted by molar-refractivity contribution is 6.98. The maximum atomic E-state index is 9.07. The molecule has 0 saturated carbocycles. The number of rotatable bonds is 3. The summed E-state index contributed by atoms with van der Waals surface area (Å²) in [7, 11) is -3.19. The molecule has 2 N–H and O–H groups in total. The van der Waals surface area contributed by atoms with Crippen molar-refractivity contribution in [1.82, 2.24) is 0 Å². The Hall–Kier alpha value is -0.896. The summed E-state index contributed by atoms with van der Waals surface area (Å²) >= 11 is 0. The zero-order chi connectivity index (χ0) is 14.2. The first kappa shape index (κ1) is 15.2. The van der Waals surface area contributed by atoms with Crippen molar-refractivity contribution in [2.45, 2.75) is 44.1 Å². The molecule has 98 valence electrons. The number of hydrogen-bond acceptors (Lipinski definition) is 2. The molecule has 1 aromatic rings. The molecule has 2 nitrogen and oxygen atoms in total. The SMILES string of the molecule is C[Si](C)(C)C(N)(c1cccc(C#N)c1)[Si](C)(C)C. The number of nitrogens with two attached hydrogens (primary N) is 1. The third-order valence-electron chi connectivity index (χ3n) is 3.81. The molecule has 0 aliphatic heterocycles. The van der Waals surface area contributed by atoms with E-state index in [2.05, 4.69) is 51.4 Å². The predicted octanol–water partition coefficient (Wildman–Crippen LogP) is 3.47. The molecule has 0 heterocycles. The lowest BCUT2D eigenvalue weighted by molar-refractivity contribution is 0.812. The quantitative estimate of drug-likeness (QED) is 0.859. The molecule has 0 radical (unpaired) electrons.